The number of hydrogen-bond donors (Lipinski definition) is 2. The van der Waals surface area contributed by atoms with Gasteiger partial charge in [0.05, 0.1) is 18.3 Å². The van der Waals surface area contributed by atoms with Gasteiger partial charge < -0.3 is 11.1 Å². The van der Waals surface area contributed by atoms with Crippen LogP contribution in [0.4, 0.5) is 10.5 Å². The second-order valence-electron chi connectivity index (χ2n) is 4.79. The fourth-order valence-corrected chi connectivity index (χ4v) is 2.74. The minimum absolute atomic E-state index is 0.172. The van der Waals surface area contributed by atoms with Crippen molar-refractivity contribution in [1.82, 2.24) is 4.90 Å². The summed E-state index contributed by atoms with van der Waals surface area (Å²) in [7, 11) is 0. The van der Waals surface area contributed by atoms with Crippen LogP contribution < -0.4 is 11.1 Å². The third kappa shape index (κ3) is 1.76. The molecule has 0 aliphatic carbocycles. The standard InChI is InChI=1S/C13H14N4O2/c14-12(19)17-6-5-13(7-11(17)18)9-3-1-2-4-10(9)15-8-16-13/h1-4,8H,5-7H2,(H2,14,19)(H,15,16). The van der Waals surface area contributed by atoms with Gasteiger partial charge in [0, 0.05) is 17.8 Å². The van der Waals surface area contributed by atoms with Gasteiger partial charge in [-0.2, -0.15) is 0 Å². The van der Waals surface area contributed by atoms with E-state index >= 15 is 0 Å². The van der Waals surface area contributed by atoms with Gasteiger partial charge in [-0.1, -0.05) is 18.2 Å². The molecule has 3 amide bonds. The van der Waals surface area contributed by atoms with Gasteiger partial charge in [-0.25, -0.2) is 4.79 Å². The molecule has 6 nitrogen and oxygen atoms in total. The minimum atomic E-state index is -0.689. The Morgan fingerprint density at radius 3 is 2.95 bits per heavy atom. The van der Waals surface area contributed by atoms with E-state index in [1.807, 2.05) is 24.3 Å². The molecule has 2 aliphatic rings. The van der Waals surface area contributed by atoms with Gasteiger partial charge in [0.15, 0.2) is 0 Å². The Morgan fingerprint density at radius 1 is 1.42 bits per heavy atom. The first-order valence-corrected chi connectivity index (χ1v) is 6.12. The van der Waals surface area contributed by atoms with Crippen LogP contribution in [-0.2, 0) is 10.3 Å². The molecular weight excluding hydrogens is 244 g/mol. The third-order valence-electron chi connectivity index (χ3n) is 3.72. The number of anilines is 1. The first-order chi connectivity index (χ1) is 9.12. The Balaban J connectivity index is 1.98. The lowest BCUT2D eigenvalue weighted by atomic mass is 9.79. The second-order valence-corrected chi connectivity index (χ2v) is 4.79. The predicted octanol–water partition coefficient (Wildman–Crippen LogP) is 1.04. The van der Waals surface area contributed by atoms with Gasteiger partial charge in [0.1, 0.15) is 0 Å². The van der Waals surface area contributed by atoms with Crippen molar-refractivity contribution < 1.29 is 9.59 Å². The van der Waals surface area contributed by atoms with Crippen molar-refractivity contribution in [2.45, 2.75) is 18.4 Å². The molecule has 2 aliphatic heterocycles. The Morgan fingerprint density at radius 2 is 2.21 bits per heavy atom. The van der Waals surface area contributed by atoms with E-state index in [0.29, 0.717) is 13.0 Å². The van der Waals surface area contributed by atoms with Crippen molar-refractivity contribution >= 4 is 24.0 Å². The molecule has 3 rings (SSSR count). The van der Waals surface area contributed by atoms with Crippen molar-refractivity contribution in [3.63, 3.8) is 0 Å². The van der Waals surface area contributed by atoms with Crippen molar-refractivity contribution in [2.75, 3.05) is 11.9 Å². The maximum absolute atomic E-state index is 12.0. The Kier molecular flexibility index (Phi) is 2.51. The molecule has 0 aromatic heterocycles. The lowest BCUT2D eigenvalue weighted by molar-refractivity contribution is -0.132. The van der Waals surface area contributed by atoms with E-state index in [4.69, 9.17) is 5.73 Å². The van der Waals surface area contributed by atoms with E-state index in [-0.39, 0.29) is 12.3 Å². The van der Waals surface area contributed by atoms with Crippen LogP contribution in [0.25, 0.3) is 0 Å². The zero-order chi connectivity index (χ0) is 13.5. The Bertz CT molecular complexity index is 584. The highest BCUT2D eigenvalue weighted by Crippen LogP contribution is 2.42. The summed E-state index contributed by atoms with van der Waals surface area (Å²) in [4.78, 5) is 28.8. The minimum Gasteiger partial charge on any atom is -0.351 e. The van der Waals surface area contributed by atoms with Crippen molar-refractivity contribution in [2.24, 2.45) is 10.7 Å². The summed E-state index contributed by atoms with van der Waals surface area (Å²) >= 11 is 0. The molecule has 1 unspecified atom stereocenters. The molecular formula is C13H14N4O2. The first-order valence-electron chi connectivity index (χ1n) is 6.12. The van der Waals surface area contributed by atoms with E-state index in [0.717, 1.165) is 16.2 Å². The van der Waals surface area contributed by atoms with Crippen LogP contribution >= 0.6 is 0 Å². The number of carbonyl (C=O) groups is 2. The Labute approximate surface area is 110 Å². The van der Waals surface area contributed by atoms with E-state index in [1.54, 1.807) is 6.34 Å². The topological polar surface area (TPSA) is 87.8 Å². The monoisotopic (exact) mass is 258 g/mol. The van der Waals surface area contributed by atoms with Gasteiger partial charge in [-0.05, 0) is 12.5 Å². The van der Waals surface area contributed by atoms with Crippen LogP contribution in [0, 0.1) is 0 Å². The van der Waals surface area contributed by atoms with Gasteiger partial charge in [-0.15, -0.1) is 0 Å². The van der Waals surface area contributed by atoms with Crippen molar-refractivity contribution in [3.05, 3.63) is 29.8 Å². The lowest BCUT2D eigenvalue weighted by Crippen LogP contribution is -2.50. The molecule has 6 heteroatoms. The number of hydrogen-bond acceptors (Lipinski definition) is 4. The summed E-state index contributed by atoms with van der Waals surface area (Å²) in [6.45, 7) is 0.305. The number of carbonyl (C=O) groups excluding carboxylic acids is 2. The largest absolute Gasteiger partial charge is 0.351 e. The Hall–Kier alpha value is -2.37. The molecule has 19 heavy (non-hydrogen) atoms. The molecule has 98 valence electrons. The number of nitrogens with two attached hydrogens (primary N) is 1. The van der Waals surface area contributed by atoms with E-state index < -0.39 is 11.6 Å². The fourth-order valence-electron chi connectivity index (χ4n) is 2.74. The number of imide groups is 1. The summed E-state index contributed by atoms with van der Waals surface area (Å²) in [6, 6.07) is 7.08. The molecule has 1 saturated heterocycles. The number of nitrogens with one attached hydrogen (secondary N) is 1. The maximum Gasteiger partial charge on any atom is 0.321 e. The zero-order valence-electron chi connectivity index (χ0n) is 10.3. The molecule has 0 saturated carbocycles. The molecule has 1 atom stereocenters. The lowest BCUT2D eigenvalue weighted by Gasteiger charge is -2.39. The summed E-state index contributed by atoms with van der Waals surface area (Å²) in [5, 5.41) is 3.07. The van der Waals surface area contributed by atoms with Gasteiger partial charge >= 0.3 is 6.03 Å². The average Bonchev–Trinajstić information content (AvgIpc) is 2.39. The maximum atomic E-state index is 12.0. The van der Waals surface area contributed by atoms with Crippen LogP contribution in [0.15, 0.2) is 29.3 Å². The van der Waals surface area contributed by atoms with Crippen molar-refractivity contribution in [1.29, 1.82) is 0 Å². The molecule has 1 aromatic carbocycles. The summed E-state index contributed by atoms with van der Waals surface area (Å²) in [6.07, 6.45) is 2.39. The summed E-state index contributed by atoms with van der Waals surface area (Å²) in [5.74, 6) is -0.271. The number of fused-ring (bicyclic) bond motifs is 2. The number of para-hydroxylation sites is 1. The number of benzene rings is 1. The average molecular weight is 258 g/mol. The number of piperidine rings is 1. The number of amides is 3. The predicted molar refractivity (Wildman–Crippen MR) is 70.8 cm³/mol. The first kappa shape index (κ1) is 11.7. The summed E-state index contributed by atoms with van der Waals surface area (Å²) < 4.78 is 0. The quantitative estimate of drug-likeness (QED) is 0.728. The van der Waals surface area contributed by atoms with Crippen LogP contribution in [0.2, 0.25) is 0 Å². The molecule has 0 bridgehead atoms. The number of primary amides is 1. The van der Waals surface area contributed by atoms with Gasteiger partial charge in [-0.3, -0.25) is 14.7 Å². The SMILES string of the molecule is NC(=O)N1CCC2(CC1=O)N=CNc1ccccc12. The molecule has 0 radical (unpaired) electrons. The van der Waals surface area contributed by atoms with E-state index in [1.165, 1.54) is 0 Å². The number of likely N-dealkylation sites (tertiary alicyclic amines) is 1. The zero-order valence-corrected chi connectivity index (χ0v) is 10.3. The number of aliphatic imine (C=N–C) groups is 1. The molecule has 2 heterocycles. The summed E-state index contributed by atoms with van der Waals surface area (Å²) in [5.41, 5.74) is 6.57. The van der Waals surface area contributed by atoms with Crippen molar-refractivity contribution in [3.8, 4) is 0 Å². The highest BCUT2D eigenvalue weighted by molar-refractivity contribution is 5.95. The van der Waals surface area contributed by atoms with Gasteiger partial charge in [0.25, 0.3) is 0 Å². The molecule has 1 fully saturated rings. The van der Waals surface area contributed by atoms with Crippen LogP contribution in [0.1, 0.15) is 18.4 Å². The third-order valence-corrected chi connectivity index (χ3v) is 3.72. The van der Waals surface area contributed by atoms with Crippen LogP contribution in [0.5, 0.6) is 0 Å². The number of nitrogens with zero attached hydrogens (tertiary/aromatic N) is 2. The fraction of sp³-hybridized carbons (Fsp3) is 0.308. The van der Waals surface area contributed by atoms with E-state index in [2.05, 4.69) is 10.3 Å². The molecule has 1 spiro atoms. The highest BCUT2D eigenvalue weighted by Gasteiger charge is 2.43. The molecule has 3 N–H and O–H groups in total. The second kappa shape index (κ2) is 4.08. The number of rotatable bonds is 0. The van der Waals surface area contributed by atoms with E-state index in [9.17, 15) is 9.59 Å². The van der Waals surface area contributed by atoms with Crippen LogP contribution in [-0.4, -0.2) is 29.7 Å². The molecule has 1 aromatic rings. The van der Waals surface area contributed by atoms with Crippen LogP contribution in [0.3, 0.4) is 0 Å². The highest BCUT2D eigenvalue weighted by atomic mass is 16.2. The number of urea groups is 1. The normalized spacial score (nSPS) is 25.1. The van der Waals surface area contributed by atoms with Gasteiger partial charge in [0.2, 0.25) is 5.91 Å². The smallest absolute Gasteiger partial charge is 0.321 e.